The molecule has 1 amide bonds. The van der Waals surface area contributed by atoms with Gasteiger partial charge in [0.15, 0.2) is 5.78 Å². The van der Waals surface area contributed by atoms with Crippen LogP contribution < -0.4 is 5.32 Å². The molecule has 1 unspecified atom stereocenters. The molecule has 0 aliphatic carbocycles. The third-order valence-corrected chi connectivity index (χ3v) is 5.02. The van der Waals surface area contributed by atoms with Crippen LogP contribution in [0.15, 0.2) is 91.5 Å². The van der Waals surface area contributed by atoms with Crippen molar-refractivity contribution in [2.24, 2.45) is 0 Å². The van der Waals surface area contributed by atoms with Gasteiger partial charge >= 0.3 is 0 Å². The summed E-state index contributed by atoms with van der Waals surface area (Å²) in [6, 6.07) is 17.3. The molecule has 4 rings (SSSR count). The summed E-state index contributed by atoms with van der Waals surface area (Å²) >= 11 is 0. The molecule has 0 bridgehead atoms. The van der Waals surface area contributed by atoms with Gasteiger partial charge in [-0.3, -0.25) is 9.59 Å². The number of Topliss-reactive ketones (excluding diaryl/α,β-unsaturated/α-hetero) is 1. The summed E-state index contributed by atoms with van der Waals surface area (Å²) in [5, 5.41) is 2.67. The zero-order valence-electron chi connectivity index (χ0n) is 16.9. The van der Waals surface area contributed by atoms with Gasteiger partial charge in [-0.25, -0.2) is 13.8 Å². The molecule has 1 heterocycles. The zero-order valence-corrected chi connectivity index (χ0v) is 16.9. The Bertz CT molecular complexity index is 1220. The number of hydrogen-bond donors (Lipinski definition) is 1. The number of aromatic nitrogens is 2. The molecule has 0 saturated carbocycles. The Morgan fingerprint density at radius 1 is 0.938 bits per heavy atom. The molecule has 1 aromatic heterocycles. The first-order chi connectivity index (χ1) is 15.5. The lowest BCUT2D eigenvalue weighted by Crippen LogP contribution is -2.43. The van der Waals surface area contributed by atoms with Gasteiger partial charge < -0.3 is 9.88 Å². The Hall–Kier alpha value is -4.13. The van der Waals surface area contributed by atoms with E-state index in [1.165, 1.54) is 42.7 Å². The van der Waals surface area contributed by atoms with E-state index in [1.54, 1.807) is 41.2 Å². The van der Waals surface area contributed by atoms with Crippen LogP contribution >= 0.6 is 0 Å². The largest absolute Gasteiger partial charge is 0.340 e. The Balaban J connectivity index is 1.57. The lowest BCUT2D eigenvalue weighted by molar-refractivity contribution is 0.0847. The molecule has 0 aliphatic rings. The second kappa shape index (κ2) is 9.34. The number of carbonyl (C=O) groups is 2. The number of benzene rings is 3. The molecule has 32 heavy (non-hydrogen) atoms. The molecular formula is C25H19F2N3O2. The van der Waals surface area contributed by atoms with E-state index in [4.69, 9.17) is 0 Å². The van der Waals surface area contributed by atoms with Gasteiger partial charge in [0.25, 0.3) is 5.91 Å². The van der Waals surface area contributed by atoms with Gasteiger partial charge in [-0.15, -0.1) is 0 Å². The number of imidazole rings is 1. The van der Waals surface area contributed by atoms with Gasteiger partial charge in [0.1, 0.15) is 17.7 Å². The maximum Gasteiger partial charge on any atom is 0.252 e. The summed E-state index contributed by atoms with van der Waals surface area (Å²) in [5.41, 5.74) is 1.41. The average molecular weight is 431 g/mol. The number of nitrogens with zero attached hydrogens (tertiary/aromatic N) is 2. The van der Waals surface area contributed by atoms with Crippen molar-refractivity contribution in [1.82, 2.24) is 14.9 Å². The number of ketones is 1. The average Bonchev–Trinajstić information content (AvgIpc) is 3.32. The Morgan fingerprint density at radius 2 is 1.66 bits per heavy atom. The first-order valence-corrected chi connectivity index (χ1v) is 9.92. The number of halogens is 2. The fourth-order valence-electron chi connectivity index (χ4n) is 3.36. The van der Waals surface area contributed by atoms with Gasteiger partial charge in [0.05, 0.1) is 12.9 Å². The first kappa shape index (κ1) is 21.1. The molecule has 0 aliphatic heterocycles. The molecule has 3 aromatic carbocycles. The van der Waals surface area contributed by atoms with Crippen LogP contribution in [0, 0.1) is 11.6 Å². The van der Waals surface area contributed by atoms with Crippen LogP contribution in [0.5, 0.6) is 0 Å². The van der Waals surface area contributed by atoms with Gasteiger partial charge in [-0.05, 0) is 42.0 Å². The topological polar surface area (TPSA) is 64.0 Å². The van der Waals surface area contributed by atoms with Crippen molar-refractivity contribution in [3.05, 3.63) is 114 Å². The third kappa shape index (κ3) is 4.78. The van der Waals surface area contributed by atoms with Crippen molar-refractivity contribution in [1.29, 1.82) is 0 Å². The van der Waals surface area contributed by atoms with Crippen molar-refractivity contribution >= 4 is 11.7 Å². The highest BCUT2D eigenvalue weighted by Gasteiger charge is 2.24. The Labute approximate surface area is 183 Å². The fourth-order valence-corrected chi connectivity index (χ4v) is 3.36. The van der Waals surface area contributed by atoms with Crippen LogP contribution in [0.1, 0.15) is 20.7 Å². The van der Waals surface area contributed by atoms with E-state index >= 15 is 0 Å². The molecule has 1 N–H and O–H groups in total. The van der Waals surface area contributed by atoms with E-state index in [0.717, 1.165) is 6.07 Å². The lowest BCUT2D eigenvalue weighted by Gasteiger charge is -2.19. The maximum absolute atomic E-state index is 14.7. The normalized spacial score (nSPS) is 11.7. The minimum absolute atomic E-state index is 0.0877. The summed E-state index contributed by atoms with van der Waals surface area (Å²) in [4.78, 5) is 29.8. The highest BCUT2D eigenvalue weighted by Crippen LogP contribution is 2.23. The molecule has 0 spiro atoms. The Kier molecular flexibility index (Phi) is 6.17. The summed E-state index contributed by atoms with van der Waals surface area (Å²) in [6.45, 7) is 0.118. The second-order valence-electron chi connectivity index (χ2n) is 7.22. The van der Waals surface area contributed by atoms with Crippen LogP contribution in [0.25, 0.3) is 11.1 Å². The predicted molar refractivity (Wildman–Crippen MR) is 116 cm³/mol. The monoisotopic (exact) mass is 431 g/mol. The van der Waals surface area contributed by atoms with E-state index in [2.05, 4.69) is 10.3 Å². The van der Waals surface area contributed by atoms with Crippen LogP contribution in [0.3, 0.4) is 0 Å². The van der Waals surface area contributed by atoms with Gasteiger partial charge in [-0.1, -0.05) is 36.4 Å². The number of nitrogens with one attached hydrogen (secondary N) is 1. The van der Waals surface area contributed by atoms with Gasteiger partial charge in [0, 0.05) is 29.1 Å². The standard InChI is InChI=1S/C25H19F2N3O2/c26-20-9-6-18(7-10-20)24(31)23(15-30-13-12-28-16-30)29-25(32)19-8-11-21(22(27)14-19)17-4-2-1-3-5-17/h1-14,16,23H,15H2,(H,29,32). The second-order valence-corrected chi connectivity index (χ2v) is 7.22. The smallest absolute Gasteiger partial charge is 0.252 e. The quantitative estimate of drug-likeness (QED) is 0.438. The first-order valence-electron chi connectivity index (χ1n) is 9.92. The number of amides is 1. The predicted octanol–water partition coefficient (Wildman–Crippen LogP) is 4.51. The summed E-state index contributed by atoms with van der Waals surface area (Å²) in [7, 11) is 0. The summed E-state index contributed by atoms with van der Waals surface area (Å²) in [6.07, 6.45) is 4.73. The van der Waals surface area contributed by atoms with Crippen LogP contribution in [-0.4, -0.2) is 27.3 Å². The fraction of sp³-hybridized carbons (Fsp3) is 0.0800. The van der Waals surface area contributed by atoms with Crippen LogP contribution in [0.4, 0.5) is 8.78 Å². The highest BCUT2D eigenvalue weighted by molar-refractivity contribution is 6.04. The van der Waals surface area contributed by atoms with Crippen molar-refractivity contribution in [2.75, 3.05) is 0 Å². The van der Waals surface area contributed by atoms with Gasteiger partial charge in [0.2, 0.25) is 0 Å². The van der Waals surface area contributed by atoms with Crippen LogP contribution in [0.2, 0.25) is 0 Å². The molecule has 1 atom stereocenters. The lowest BCUT2D eigenvalue weighted by atomic mass is 10.0. The summed E-state index contributed by atoms with van der Waals surface area (Å²) in [5.74, 6) is -2.00. The number of carbonyl (C=O) groups excluding carboxylic acids is 2. The molecule has 0 fully saturated rings. The maximum atomic E-state index is 14.7. The SMILES string of the molecule is O=C(NC(Cn1ccnc1)C(=O)c1ccc(F)cc1)c1ccc(-c2ccccc2)c(F)c1. The minimum atomic E-state index is -0.959. The zero-order chi connectivity index (χ0) is 22.5. The molecule has 160 valence electrons. The van der Waals surface area contributed by atoms with Crippen molar-refractivity contribution < 1.29 is 18.4 Å². The molecule has 0 radical (unpaired) electrons. The number of hydrogen-bond acceptors (Lipinski definition) is 3. The third-order valence-electron chi connectivity index (χ3n) is 5.02. The van der Waals surface area contributed by atoms with E-state index in [1.807, 2.05) is 6.07 Å². The van der Waals surface area contributed by atoms with Crippen molar-refractivity contribution in [3.8, 4) is 11.1 Å². The van der Waals surface area contributed by atoms with E-state index < -0.39 is 29.4 Å². The van der Waals surface area contributed by atoms with Crippen molar-refractivity contribution in [2.45, 2.75) is 12.6 Å². The molecule has 0 saturated heterocycles. The highest BCUT2D eigenvalue weighted by atomic mass is 19.1. The van der Waals surface area contributed by atoms with E-state index in [-0.39, 0.29) is 17.7 Å². The summed E-state index contributed by atoms with van der Waals surface area (Å²) < 4.78 is 29.6. The van der Waals surface area contributed by atoms with Crippen LogP contribution in [-0.2, 0) is 6.54 Å². The van der Waals surface area contributed by atoms with Crippen molar-refractivity contribution in [3.63, 3.8) is 0 Å². The molecular weight excluding hydrogens is 412 g/mol. The number of rotatable bonds is 7. The molecule has 5 nitrogen and oxygen atoms in total. The Morgan fingerprint density at radius 3 is 2.31 bits per heavy atom. The van der Waals surface area contributed by atoms with E-state index in [0.29, 0.717) is 11.1 Å². The van der Waals surface area contributed by atoms with Gasteiger partial charge in [-0.2, -0.15) is 0 Å². The minimum Gasteiger partial charge on any atom is -0.340 e. The molecule has 7 heteroatoms. The molecule has 4 aromatic rings. The van der Waals surface area contributed by atoms with E-state index in [9.17, 15) is 18.4 Å².